The van der Waals surface area contributed by atoms with Crippen molar-refractivity contribution in [3.63, 3.8) is 0 Å². The Morgan fingerprint density at radius 2 is 2.25 bits per heavy atom. The van der Waals surface area contributed by atoms with Gasteiger partial charge >= 0.3 is 0 Å². The quantitative estimate of drug-likeness (QED) is 0.301. The van der Waals surface area contributed by atoms with Crippen LogP contribution in [0.3, 0.4) is 0 Å². The summed E-state index contributed by atoms with van der Waals surface area (Å²) in [4.78, 5) is 11.0. The lowest BCUT2D eigenvalue weighted by molar-refractivity contribution is 0.134. The predicted octanol–water partition coefficient (Wildman–Crippen LogP) is 2.78. The normalized spacial score (nSPS) is 21.5. The van der Waals surface area contributed by atoms with Gasteiger partial charge < -0.3 is 19.5 Å². The molecule has 2 heterocycles. The van der Waals surface area contributed by atoms with Crippen molar-refractivity contribution in [1.29, 1.82) is 0 Å². The standard InChI is InChI=1S/C17H31N5O.HI/c1-4-5-11-23-12-8-20-17(18-3)21-9-6-15(2)16(13-21)22-10-7-19-14-22;/h7,10,14-16H,4-6,8-9,11-13H2,1-3H3,(H,18,20);1H. The fraction of sp³-hybridized carbons (Fsp3) is 0.765. The molecule has 2 unspecified atom stereocenters. The Morgan fingerprint density at radius 1 is 1.42 bits per heavy atom. The van der Waals surface area contributed by atoms with Crippen LogP contribution in [-0.2, 0) is 4.74 Å². The first-order chi connectivity index (χ1) is 11.3. The highest BCUT2D eigenvalue weighted by molar-refractivity contribution is 14.0. The van der Waals surface area contributed by atoms with Crippen LogP contribution in [0.25, 0.3) is 0 Å². The monoisotopic (exact) mass is 449 g/mol. The summed E-state index contributed by atoms with van der Waals surface area (Å²) in [6, 6.07) is 0.450. The molecule has 2 rings (SSSR count). The summed E-state index contributed by atoms with van der Waals surface area (Å²) in [6.07, 6.45) is 9.30. The van der Waals surface area contributed by atoms with Crippen molar-refractivity contribution in [1.82, 2.24) is 19.8 Å². The Kier molecular flexibility index (Phi) is 10.3. The van der Waals surface area contributed by atoms with Crippen LogP contribution in [0, 0.1) is 5.92 Å². The van der Waals surface area contributed by atoms with E-state index in [9.17, 15) is 0 Å². The summed E-state index contributed by atoms with van der Waals surface area (Å²) >= 11 is 0. The number of nitrogens with zero attached hydrogens (tertiary/aromatic N) is 4. The van der Waals surface area contributed by atoms with E-state index in [2.05, 4.69) is 44.8 Å². The van der Waals surface area contributed by atoms with E-state index in [4.69, 9.17) is 4.74 Å². The van der Waals surface area contributed by atoms with Crippen LogP contribution in [0.2, 0.25) is 0 Å². The first-order valence-corrected chi connectivity index (χ1v) is 8.77. The van der Waals surface area contributed by atoms with Crippen LogP contribution in [0.5, 0.6) is 0 Å². The first-order valence-electron chi connectivity index (χ1n) is 8.77. The highest BCUT2D eigenvalue weighted by atomic mass is 127. The van der Waals surface area contributed by atoms with E-state index >= 15 is 0 Å². The van der Waals surface area contributed by atoms with Gasteiger partial charge in [0.2, 0.25) is 0 Å². The van der Waals surface area contributed by atoms with Gasteiger partial charge in [-0.1, -0.05) is 20.3 Å². The van der Waals surface area contributed by atoms with E-state index in [1.807, 2.05) is 19.6 Å². The van der Waals surface area contributed by atoms with Crippen LogP contribution in [0.4, 0.5) is 0 Å². The molecule has 138 valence electrons. The molecule has 1 aliphatic heterocycles. The number of imidazole rings is 1. The maximum atomic E-state index is 5.60. The Balaban J connectivity index is 0.00000288. The van der Waals surface area contributed by atoms with Gasteiger partial charge in [0.1, 0.15) is 0 Å². The number of aromatic nitrogens is 2. The summed E-state index contributed by atoms with van der Waals surface area (Å²) in [7, 11) is 1.85. The van der Waals surface area contributed by atoms with E-state index in [1.54, 1.807) is 0 Å². The zero-order valence-corrected chi connectivity index (χ0v) is 17.5. The smallest absolute Gasteiger partial charge is 0.193 e. The summed E-state index contributed by atoms with van der Waals surface area (Å²) in [5, 5.41) is 3.42. The molecule has 2 atom stereocenters. The Morgan fingerprint density at radius 3 is 2.92 bits per heavy atom. The third-order valence-corrected chi connectivity index (χ3v) is 4.51. The van der Waals surface area contributed by atoms with Crippen molar-refractivity contribution < 1.29 is 4.74 Å². The SMILES string of the molecule is CCCCOCCNC(=NC)N1CCC(C)C(n2ccnc2)C1.I. The summed E-state index contributed by atoms with van der Waals surface area (Å²) in [6.45, 7) is 8.89. The van der Waals surface area contributed by atoms with Crippen molar-refractivity contribution in [2.45, 2.75) is 39.2 Å². The fourth-order valence-electron chi connectivity index (χ4n) is 3.01. The van der Waals surface area contributed by atoms with E-state index in [1.165, 1.54) is 6.42 Å². The van der Waals surface area contributed by atoms with Gasteiger partial charge in [0.05, 0.1) is 19.0 Å². The molecule has 7 heteroatoms. The van der Waals surface area contributed by atoms with Crippen LogP contribution >= 0.6 is 24.0 Å². The molecule has 1 aromatic rings. The molecule has 0 aliphatic carbocycles. The molecule has 1 N–H and O–H groups in total. The maximum Gasteiger partial charge on any atom is 0.193 e. The molecule has 24 heavy (non-hydrogen) atoms. The number of aliphatic imine (C=N–C) groups is 1. The van der Waals surface area contributed by atoms with E-state index < -0.39 is 0 Å². The molecule has 6 nitrogen and oxygen atoms in total. The largest absolute Gasteiger partial charge is 0.380 e. The van der Waals surface area contributed by atoms with Gasteiger partial charge in [-0.2, -0.15) is 0 Å². The molecule has 1 aliphatic rings. The molecule has 0 radical (unpaired) electrons. The zero-order chi connectivity index (χ0) is 16.5. The average molecular weight is 449 g/mol. The molecule has 0 bridgehead atoms. The number of halogens is 1. The number of hydrogen-bond acceptors (Lipinski definition) is 3. The molecule has 1 saturated heterocycles. The van der Waals surface area contributed by atoms with Crippen LogP contribution in [0.15, 0.2) is 23.7 Å². The van der Waals surface area contributed by atoms with Gasteiger partial charge in [0.15, 0.2) is 5.96 Å². The molecular formula is C17H32IN5O. The Bertz CT molecular complexity index is 466. The molecular weight excluding hydrogens is 417 g/mol. The minimum Gasteiger partial charge on any atom is -0.380 e. The number of rotatable bonds is 7. The molecule has 1 aromatic heterocycles. The number of ether oxygens (including phenoxy) is 1. The summed E-state index contributed by atoms with van der Waals surface area (Å²) < 4.78 is 7.83. The summed E-state index contributed by atoms with van der Waals surface area (Å²) in [5.74, 6) is 1.62. The number of likely N-dealkylation sites (tertiary alicyclic amines) is 1. The first kappa shape index (κ1) is 21.2. The number of hydrogen-bond donors (Lipinski definition) is 1. The third kappa shape index (κ3) is 6.23. The van der Waals surface area contributed by atoms with Crippen LogP contribution in [-0.4, -0.2) is 60.3 Å². The van der Waals surface area contributed by atoms with Gasteiger partial charge in [-0.05, 0) is 18.8 Å². The number of guanidine groups is 1. The minimum atomic E-state index is 0. The number of piperidine rings is 1. The van der Waals surface area contributed by atoms with E-state index in [0.29, 0.717) is 12.0 Å². The maximum absolute atomic E-state index is 5.60. The molecule has 1 fully saturated rings. The predicted molar refractivity (Wildman–Crippen MR) is 109 cm³/mol. The van der Waals surface area contributed by atoms with E-state index in [-0.39, 0.29) is 24.0 Å². The second kappa shape index (κ2) is 11.7. The Labute approximate surface area is 163 Å². The highest BCUT2D eigenvalue weighted by Crippen LogP contribution is 2.27. The van der Waals surface area contributed by atoms with Crippen molar-refractivity contribution in [2.24, 2.45) is 10.9 Å². The van der Waals surface area contributed by atoms with Gasteiger partial charge in [0, 0.05) is 45.7 Å². The average Bonchev–Trinajstić information content (AvgIpc) is 3.09. The molecule has 0 spiro atoms. The van der Waals surface area contributed by atoms with Gasteiger partial charge in [0.25, 0.3) is 0 Å². The van der Waals surface area contributed by atoms with Crippen LogP contribution < -0.4 is 5.32 Å². The lowest BCUT2D eigenvalue weighted by Gasteiger charge is -2.39. The number of unbranched alkanes of at least 4 members (excludes halogenated alkanes) is 1. The molecule has 0 amide bonds. The lowest BCUT2D eigenvalue weighted by Crippen LogP contribution is -2.49. The molecule has 0 aromatic carbocycles. The minimum absolute atomic E-state index is 0. The van der Waals surface area contributed by atoms with Gasteiger partial charge in [-0.15, -0.1) is 24.0 Å². The molecule has 0 saturated carbocycles. The van der Waals surface area contributed by atoms with Crippen molar-refractivity contribution in [3.8, 4) is 0 Å². The topological polar surface area (TPSA) is 54.7 Å². The van der Waals surface area contributed by atoms with Crippen molar-refractivity contribution in [2.75, 3.05) is 39.9 Å². The number of nitrogens with one attached hydrogen (secondary N) is 1. The summed E-state index contributed by atoms with van der Waals surface area (Å²) in [5.41, 5.74) is 0. The van der Waals surface area contributed by atoms with Crippen molar-refractivity contribution >= 4 is 29.9 Å². The van der Waals surface area contributed by atoms with Crippen molar-refractivity contribution in [3.05, 3.63) is 18.7 Å². The second-order valence-corrected chi connectivity index (χ2v) is 6.23. The fourth-order valence-corrected chi connectivity index (χ4v) is 3.01. The lowest BCUT2D eigenvalue weighted by atomic mass is 9.93. The van der Waals surface area contributed by atoms with E-state index in [0.717, 1.165) is 51.6 Å². The Hall–Kier alpha value is -0.830. The highest BCUT2D eigenvalue weighted by Gasteiger charge is 2.28. The van der Waals surface area contributed by atoms with Gasteiger partial charge in [-0.3, -0.25) is 4.99 Å². The third-order valence-electron chi connectivity index (χ3n) is 4.51. The van der Waals surface area contributed by atoms with Gasteiger partial charge in [-0.25, -0.2) is 4.98 Å². The zero-order valence-electron chi connectivity index (χ0n) is 15.1. The second-order valence-electron chi connectivity index (χ2n) is 6.23. The van der Waals surface area contributed by atoms with Crippen LogP contribution in [0.1, 0.15) is 39.2 Å².